The lowest BCUT2D eigenvalue weighted by molar-refractivity contribution is -0.112. The molecule has 0 aromatic heterocycles. The molecule has 0 radical (unpaired) electrons. The fourth-order valence-corrected chi connectivity index (χ4v) is 3.75. The van der Waals surface area contributed by atoms with Crippen LogP contribution in [0.4, 0.5) is 11.4 Å². The molecule has 4 heteroatoms. The van der Waals surface area contributed by atoms with Crippen LogP contribution in [0.5, 0.6) is 0 Å². The van der Waals surface area contributed by atoms with Crippen molar-refractivity contribution in [2.75, 3.05) is 29.9 Å². The highest BCUT2D eigenvalue weighted by molar-refractivity contribution is 8.03. The Bertz CT molecular complexity index is 547. The molecular formula is C15H18N2OS. The maximum Gasteiger partial charge on any atom is 0.155 e. The highest BCUT2D eigenvalue weighted by Crippen LogP contribution is 2.46. The van der Waals surface area contributed by atoms with Gasteiger partial charge in [-0.25, -0.2) is 0 Å². The van der Waals surface area contributed by atoms with Crippen molar-refractivity contribution in [2.24, 2.45) is 0 Å². The monoisotopic (exact) mass is 274 g/mol. The van der Waals surface area contributed by atoms with Crippen LogP contribution in [0, 0.1) is 0 Å². The molecule has 0 N–H and O–H groups in total. The van der Waals surface area contributed by atoms with E-state index >= 15 is 0 Å². The lowest BCUT2D eigenvalue weighted by Crippen LogP contribution is -2.18. The number of hydrogen-bond acceptors (Lipinski definition) is 4. The van der Waals surface area contributed by atoms with Gasteiger partial charge in [0, 0.05) is 36.8 Å². The predicted molar refractivity (Wildman–Crippen MR) is 80.9 cm³/mol. The molecule has 3 nitrogen and oxygen atoms in total. The minimum atomic E-state index is 0.0990. The number of nitrogens with zero attached hydrogens (tertiary/aromatic N) is 2. The number of thioether (sulfide) groups is 1. The zero-order valence-corrected chi connectivity index (χ0v) is 12.2. The van der Waals surface area contributed by atoms with Crippen molar-refractivity contribution in [3.05, 3.63) is 29.3 Å². The molecule has 0 amide bonds. The summed E-state index contributed by atoms with van der Waals surface area (Å²) in [7, 11) is 2.03. The topological polar surface area (TPSA) is 23.6 Å². The maximum absolute atomic E-state index is 11.2. The zero-order chi connectivity index (χ0) is 13.4. The van der Waals surface area contributed by atoms with E-state index in [0.29, 0.717) is 0 Å². The average molecular weight is 274 g/mol. The summed E-state index contributed by atoms with van der Waals surface area (Å²) in [6.45, 7) is 3.91. The third-order valence-corrected chi connectivity index (χ3v) is 4.81. The van der Waals surface area contributed by atoms with Gasteiger partial charge in [0.2, 0.25) is 0 Å². The zero-order valence-electron chi connectivity index (χ0n) is 11.3. The maximum atomic E-state index is 11.2. The largest absolute Gasteiger partial charge is 0.371 e. The molecule has 2 aliphatic heterocycles. The Morgan fingerprint density at radius 3 is 2.74 bits per heavy atom. The minimum Gasteiger partial charge on any atom is -0.371 e. The van der Waals surface area contributed by atoms with Crippen LogP contribution in [0.25, 0.3) is 0 Å². The van der Waals surface area contributed by atoms with E-state index < -0.39 is 0 Å². The second-order valence-electron chi connectivity index (χ2n) is 5.10. The number of rotatable bonds is 2. The first kappa shape index (κ1) is 12.6. The number of carbonyl (C=O) groups excluding carboxylic acids is 1. The highest BCUT2D eigenvalue weighted by Gasteiger charge is 2.24. The smallest absolute Gasteiger partial charge is 0.155 e. The van der Waals surface area contributed by atoms with Crippen LogP contribution in [0.3, 0.4) is 0 Å². The van der Waals surface area contributed by atoms with E-state index in [-0.39, 0.29) is 5.78 Å². The predicted octanol–water partition coefficient (Wildman–Crippen LogP) is 3.26. The summed E-state index contributed by atoms with van der Waals surface area (Å²) in [5.41, 5.74) is 2.51. The van der Waals surface area contributed by atoms with Crippen LogP contribution in [0.2, 0.25) is 0 Å². The van der Waals surface area contributed by atoms with Crippen LogP contribution in [-0.4, -0.2) is 25.9 Å². The summed E-state index contributed by atoms with van der Waals surface area (Å²) in [5.74, 6) is 0.0990. The van der Waals surface area contributed by atoms with Crippen LogP contribution in [0.1, 0.15) is 19.8 Å². The fourth-order valence-electron chi connectivity index (χ4n) is 2.63. The van der Waals surface area contributed by atoms with Gasteiger partial charge in [-0.2, -0.15) is 0 Å². The van der Waals surface area contributed by atoms with Gasteiger partial charge in [0.05, 0.1) is 10.7 Å². The number of ketones is 1. The fraction of sp³-hybridized carbons (Fsp3) is 0.400. The number of hydrogen-bond donors (Lipinski definition) is 0. The van der Waals surface area contributed by atoms with Gasteiger partial charge in [-0.15, -0.1) is 0 Å². The summed E-state index contributed by atoms with van der Waals surface area (Å²) in [5, 5.41) is 1.01. The molecule has 1 saturated heterocycles. The Morgan fingerprint density at radius 2 is 2.05 bits per heavy atom. The Kier molecular flexibility index (Phi) is 3.27. The number of benzene rings is 1. The molecule has 3 rings (SSSR count). The number of allylic oxidation sites excluding steroid dienone is 1. The quantitative estimate of drug-likeness (QED) is 0.772. The van der Waals surface area contributed by atoms with E-state index in [1.165, 1.54) is 29.1 Å². The number of anilines is 2. The van der Waals surface area contributed by atoms with Gasteiger partial charge < -0.3 is 9.80 Å². The van der Waals surface area contributed by atoms with E-state index in [0.717, 1.165) is 18.1 Å². The van der Waals surface area contributed by atoms with Gasteiger partial charge in [-0.3, -0.25) is 4.79 Å². The van der Waals surface area contributed by atoms with Gasteiger partial charge in [0.25, 0.3) is 0 Å². The Hall–Kier alpha value is -1.42. The van der Waals surface area contributed by atoms with Crippen molar-refractivity contribution in [2.45, 2.75) is 24.7 Å². The van der Waals surface area contributed by atoms with E-state index in [2.05, 4.69) is 28.0 Å². The Labute approximate surface area is 118 Å². The molecule has 0 spiro atoms. The average Bonchev–Trinajstić information content (AvgIpc) is 2.99. The van der Waals surface area contributed by atoms with Gasteiger partial charge in [-0.1, -0.05) is 11.8 Å². The molecule has 0 atom stereocenters. The second kappa shape index (κ2) is 4.93. The Morgan fingerprint density at radius 1 is 1.32 bits per heavy atom. The standard InChI is InChI=1S/C15H18N2OS/c1-11(18)9-15-16(2)13-10-12(5-6-14(13)19-15)17-7-3-4-8-17/h5-6,9-10H,3-4,7-8H2,1-2H3. The van der Waals surface area contributed by atoms with Gasteiger partial charge in [0.15, 0.2) is 5.78 Å². The van der Waals surface area contributed by atoms with E-state index in [9.17, 15) is 4.79 Å². The molecule has 0 bridgehead atoms. The summed E-state index contributed by atoms with van der Waals surface area (Å²) in [4.78, 5) is 17.0. The summed E-state index contributed by atoms with van der Waals surface area (Å²) >= 11 is 1.67. The first-order valence-electron chi connectivity index (χ1n) is 6.68. The molecule has 0 aliphatic carbocycles. The lowest BCUT2D eigenvalue weighted by Gasteiger charge is -2.20. The van der Waals surface area contributed by atoms with Crippen molar-refractivity contribution in [3.63, 3.8) is 0 Å². The first-order valence-corrected chi connectivity index (χ1v) is 7.49. The highest BCUT2D eigenvalue weighted by atomic mass is 32.2. The molecule has 1 aromatic rings. The van der Waals surface area contributed by atoms with Gasteiger partial charge in [-0.05, 0) is 38.0 Å². The normalized spacial score (nSPS) is 20.2. The van der Waals surface area contributed by atoms with E-state index in [1.807, 2.05) is 7.05 Å². The van der Waals surface area contributed by atoms with Gasteiger partial charge in [0.1, 0.15) is 0 Å². The molecule has 0 saturated carbocycles. The third kappa shape index (κ3) is 2.37. The lowest BCUT2D eigenvalue weighted by atomic mass is 10.2. The second-order valence-corrected chi connectivity index (χ2v) is 6.16. The van der Waals surface area contributed by atoms with Crippen molar-refractivity contribution >= 4 is 28.9 Å². The van der Waals surface area contributed by atoms with Crippen molar-refractivity contribution in [1.29, 1.82) is 0 Å². The molecule has 100 valence electrons. The van der Waals surface area contributed by atoms with E-state index in [4.69, 9.17) is 0 Å². The summed E-state index contributed by atoms with van der Waals surface area (Å²) in [6.07, 6.45) is 4.29. The molecule has 19 heavy (non-hydrogen) atoms. The minimum absolute atomic E-state index is 0.0990. The molecule has 2 aliphatic rings. The SMILES string of the molecule is CC(=O)C=C1Sc2ccc(N3CCCC3)cc2N1C. The summed E-state index contributed by atoms with van der Waals surface area (Å²) in [6, 6.07) is 6.61. The van der Waals surface area contributed by atoms with Crippen LogP contribution >= 0.6 is 11.8 Å². The number of fused-ring (bicyclic) bond motifs is 1. The number of carbonyl (C=O) groups is 1. The van der Waals surface area contributed by atoms with Crippen molar-refractivity contribution in [1.82, 2.24) is 0 Å². The third-order valence-electron chi connectivity index (χ3n) is 3.65. The van der Waals surface area contributed by atoms with Crippen molar-refractivity contribution < 1.29 is 4.79 Å². The summed E-state index contributed by atoms with van der Waals surface area (Å²) < 4.78 is 0. The van der Waals surface area contributed by atoms with Crippen LogP contribution < -0.4 is 9.80 Å². The first-order chi connectivity index (χ1) is 9.15. The van der Waals surface area contributed by atoms with E-state index in [1.54, 1.807) is 24.8 Å². The molecule has 1 fully saturated rings. The molecular weight excluding hydrogens is 256 g/mol. The molecule has 1 aromatic carbocycles. The van der Waals surface area contributed by atoms with Crippen LogP contribution in [0.15, 0.2) is 34.2 Å². The molecule has 0 unspecified atom stereocenters. The van der Waals surface area contributed by atoms with Crippen LogP contribution in [-0.2, 0) is 4.79 Å². The molecule has 2 heterocycles. The van der Waals surface area contributed by atoms with Crippen molar-refractivity contribution in [3.8, 4) is 0 Å². The van der Waals surface area contributed by atoms with Gasteiger partial charge >= 0.3 is 0 Å². The Balaban J connectivity index is 1.91.